The van der Waals surface area contributed by atoms with Crippen LogP contribution in [0.3, 0.4) is 0 Å². The predicted octanol–water partition coefficient (Wildman–Crippen LogP) is 1.70. The van der Waals surface area contributed by atoms with E-state index in [9.17, 15) is 4.79 Å². The van der Waals surface area contributed by atoms with Gasteiger partial charge in [-0.1, -0.05) is 0 Å². The highest BCUT2D eigenvalue weighted by Gasteiger charge is 2.19. The summed E-state index contributed by atoms with van der Waals surface area (Å²) in [6.07, 6.45) is 3.32. The summed E-state index contributed by atoms with van der Waals surface area (Å²) in [6.45, 7) is 3.66. The molecule has 5 heteroatoms. The number of H-pyrrole nitrogens is 1. The molecule has 0 fully saturated rings. The third-order valence-electron chi connectivity index (χ3n) is 2.70. The summed E-state index contributed by atoms with van der Waals surface area (Å²) >= 11 is 0. The summed E-state index contributed by atoms with van der Waals surface area (Å²) < 4.78 is 0. The van der Waals surface area contributed by atoms with Gasteiger partial charge in [0, 0.05) is 30.8 Å². The fourth-order valence-corrected chi connectivity index (χ4v) is 1.72. The number of amides is 1. The van der Waals surface area contributed by atoms with Gasteiger partial charge in [-0.15, -0.1) is 0 Å². The Morgan fingerprint density at radius 1 is 1.29 bits per heavy atom. The number of carbonyl (C=O) groups is 1. The van der Waals surface area contributed by atoms with Gasteiger partial charge in [-0.05, 0) is 26.0 Å². The first kappa shape index (κ1) is 11.3. The van der Waals surface area contributed by atoms with Crippen LogP contribution in [0.4, 0.5) is 5.69 Å². The average molecular weight is 230 g/mol. The van der Waals surface area contributed by atoms with Crippen LogP contribution in [0, 0.1) is 13.8 Å². The zero-order chi connectivity index (χ0) is 12.4. The number of anilines is 1. The second-order valence-electron chi connectivity index (χ2n) is 3.88. The molecule has 2 aromatic heterocycles. The molecule has 1 N–H and O–H groups in total. The van der Waals surface area contributed by atoms with Gasteiger partial charge >= 0.3 is 0 Å². The maximum Gasteiger partial charge on any atom is 0.261 e. The smallest absolute Gasteiger partial charge is 0.261 e. The molecule has 0 bridgehead atoms. The SMILES string of the molecule is Cc1n[nH]c(C)c1C(=O)N(C)c1ccncc1. The van der Waals surface area contributed by atoms with E-state index in [2.05, 4.69) is 15.2 Å². The Morgan fingerprint density at radius 3 is 2.47 bits per heavy atom. The number of pyridine rings is 1. The van der Waals surface area contributed by atoms with Crippen LogP contribution in [0.5, 0.6) is 0 Å². The lowest BCUT2D eigenvalue weighted by Gasteiger charge is -2.17. The van der Waals surface area contributed by atoms with E-state index in [-0.39, 0.29) is 5.91 Å². The predicted molar refractivity (Wildman–Crippen MR) is 65.0 cm³/mol. The molecule has 0 atom stereocenters. The number of aryl methyl sites for hydroxylation is 2. The fraction of sp³-hybridized carbons (Fsp3) is 0.250. The molecular formula is C12H14N4O. The van der Waals surface area contributed by atoms with E-state index < -0.39 is 0 Å². The number of nitrogens with zero attached hydrogens (tertiary/aromatic N) is 3. The second kappa shape index (κ2) is 4.37. The first-order chi connectivity index (χ1) is 8.11. The summed E-state index contributed by atoms with van der Waals surface area (Å²) in [5, 5.41) is 6.84. The minimum Gasteiger partial charge on any atom is -0.311 e. The lowest BCUT2D eigenvalue weighted by Crippen LogP contribution is -2.27. The molecule has 88 valence electrons. The third-order valence-corrected chi connectivity index (χ3v) is 2.70. The number of rotatable bonds is 2. The minimum absolute atomic E-state index is 0.0695. The first-order valence-corrected chi connectivity index (χ1v) is 5.31. The fourth-order valence-electron chi connectivity index (χ4n) is 1.72. The van der Waals surface area contributed by atoms with Gasteiger partial charge in [-0.25, -0.2) is 0 Å². The van der Waals surface area contributed by atoms with Gasteiger partial charge in [0.15, 0.2) is 0 Å². The highest BCUT2D eigenvalue weighted by molar-refractivity contribution is 6.07. The molecule has 0 aliphatic heterocycles. The van der Waals surface area contributed by atoms with Gasteiger partial charge < -0.3 is 4.90 Å². The van der Waals surface area contributed by atoms with Crippen molar-refractivity contribution in [1.82, 2.24) is 15.2 Å². The van der Waals surface area contributed by atoms with E-state index in [4.69, 9.17) is 0 Å². The maximum atomic E-state index is 12.3. The summed E-state index contributed by atoms with van der Waals surface area (Å²) in [5.41, 5.74) is 2.94. The van der Waals surface area contributed by atoms with Crippen LogP contribution in [-0.4, -0.2) is 28.1 Å². The Hall–Kier alpha value is -2.17. The molecule has 2 rings (SSSR count). The number of hydrogen-bond acceptors (Lipinski definition) is 3. The summed E-state index contributed by atoms with van der Waals surface area (Å²) in [7, 11) is 1.74. The van der Waals surface area contributed by atoms with Crippen molar-refractivity contribution in [2.24, 2.45) is 0 Å². The van der Waals surface area contributed by atoms with Crippen LogP contribution in [0.2, 0.25) is 0 Å². The molecule has 17 heavy (non-hydrogen) atoms. The Labute approximate surface area is 99.5 Å². The molecule has 0 saturated carbocycles. The molecule has 0 saturated heterocycles. The van der Waals surface area contributed by atoms with Crippen molar-refractivity contribution in [1.29, 1.82) is 0 Å². The van der Waals surface area contributed by atoms with E-state index in [0.717, 1.165) is 11.4 Å². The van der Waals surface area contributed by atoms with Gasteiger partial charge in [-0.3, -0.25) is 14.9 Å². The number of aromatic nitrogens is 3. The quantitative estimate of drug-likeness (QED) is 0.854. The topological polar surface area (TPSA) is 61.9 Å². The maximum absolute atomic E-state index is 12.3. The van der Waals surface area contributed by atoms with E-state index in [0.29, 0.717) is 11.3 Å². The zero-order valence-electron chi connectivity index (χ0n) is 10.1. The number of aromatic amines is 1. The number of nitrogens with one attached hydrogen (secondary N) is 1. The van der Waals surface area contributed by atoms with Crippen molar-refractivity contribution >= 4 is 11.6 Å². The van der Waals surface area contributed by atoms with Crippen molar-refractivity contribution in [3.05, 3.63) is 41.5 Å². The van der Waals surface area contributed by atoms with Gasteiger partial charge in [0.25, 0.3) is 5.91 Å². The van der Waals surface area contributed by atoms with Gasteiger partial charge in [0.05, 0.1) is 11.3 Å². The van der Waals surface area contributed by atoms with E-state index in [1.54, 1.807) is 36.5 Å². The molecule has 1 amide bonds. The molecular weight excluding hydrogens is 216 g/mol. The molecule has 0 spiro atoms. The van der Waals surface area contributed by atoms with Crippen LogP contribution in [-0.2, 0) is 0 Å². The van der Waals surface area contributed by atoms with Crippen molar-refractivity contribution in [3.8, 4) is 0 Å². The average Bonchev–Trinajstić information content (AvgIpc) is 2.68. The summed E-state index contributed by atoms with van der Waals surface area (Å²) in [4.78, 5) is 17.8. The molecule has 0 aliphatic rings. The van der Waals surface area contributed by atoms with Crippen molar-refractivity contribution in [3.63, 3.8) is 0 Å². The third kappa shape index (κ3) is 2.04. The molecule has 5 nitrogen and oxygen atoms in total. The Balaban J connectivity index is 2.33. The number of hydrogen-bond donors (Lipinski definition) is 1. The van der Waals surface area contributed by atoms with Crippen LogP contribution in [0.15, 0.2) is 24.5 Å². The zero-order valence-corrected chi connectivity index (χ0v) is 10.1. The lowest BCUT2D eigenvalue weighted by molar-refractivity contribution is 0.0992. The van der Waals surface area contributed by atoms with Gasteiger partial charge in [0.2, 0.25) is 0 Å². The minimum atomic E-state index is -0.0695. The largest absolute Gasteiger partial charge is 0.311 e. The monoisotopic (exact) mass is 230 g/mol. The summed E-state index contributed by atoms with van der Waals surface area (Å²) in [5.74, 6) is -0.0695. The second-order valence-corrected chi connectivity index (χ2v) is 3.88. The van der Waals surface area contributed by atoms with Crippen molar-refractivity contribution in [2.45, 2.75) is 13.8 Å². The Kier molecular flexibility index (Phi) is 2.91. The normalized spacial score (nSPS) is 10.3. The van der Waals surface area contributed by atoms with Crippen molar-refractivity contribution < 1.29 is 4.79 Å². The Morgan fingerprint density at radius 2 is 1.94 bits per heavy atom. The van der Waals surface area contributed by atoms with Crippen molar-refractivity contribution in [2.75, 3.05) is 11.9 Å². The lowest BCUT2D eigenvalue weighted by atomic mass is 10.1. The number of carbonyl (C=O) groups excluding carboxylic acids is 1. The molecule has 0 aromatic carbocycles. The highest BCUT2D eigenvalue weighted by Crippen LogP contribution is 2.17. The van der Waals surface area contributed by atoms with Crippen LogP contribution < -0.4 is 4.90 Å². The molecule has 0 radical (unpaired) electrons. The van der Waals surface area contributed by atoms with E-state index in [1.807, 2.05) is 13.8 Å². The van der Waals surface area contributed by atoms with Gasteiger partial charge in [-0.2, -0.15) is 5.10 Å². The molecule has 2 aromatic rings. The summed E-state index contributed by atoms with van der Waals surface area (Å²) in [6, 6.07) is 3.59. The van der Waals surface area contributed by atoms with Crippen LogP contribution in [0.1, 0.15) is 21.7 Å². The highest BCUT2D eigenvalue weighted by atomic mass is 16.2. The molecule has 0 aliphatic carbocycles. The van der Waals surface area contributed by atoms with Crippen LogP contribution in [0.25, 0.3) is 0 Å². The first-order valence-electron chi connectivity index (χ1n) is 5.31. The van der Waals surface area contributed by atoms with Gasteiger partial charge in [0.1, 0.15) is 0 Å². The molecule has 2 heterocycles. The molecule has 0 unspecified atom stereocenters. The standard InChI is InChI=1S/C12H14N4O/c1-8-11(9(2)15-14-8)12(17)16(3)10-4-6-13-7-5-10/h4-7H,1-3H3,(H,14,15). The van der Waals surface area contributed by atoms with E-state index in [1.165, 1.54) is 0 Å². The van der Waals surface area contributed by atoms with Crippen LogP contribution >= 0.6 is 0 Å². The Bertz CT molecular complexity index is 513. The van der Waals surface area contributed by atoms with E-state index >= 15 is 0 Å².